The highest BCUT2D eigenvalue weighted by Gasteiger charge is 2.18. The summed E-state index contributed by atoms with van der Waals surface area (Å²) in [6.07, 6.45) is -0.500. The topological polar surface area (TPSA) is 20.2 Å². The van der Waals surface area contributed by atoms with Crippen LogP contribution in [0.4, 0.5) is 0 Å². The molecule has 1 heterocycles. The second-order valence-electron chi connectivity index (χ2n) is 4.28. The van der Waals surface area contributed by atoms with E-state index in [9.17, 15) is 5.11 Å². The van der Waals surface area contributed by atoms with Crippen molar-refractivity contribution >= 4 is 33.9 Å². The molecule has 1 N–H and O–H groups in total. The monoisotopic (exact) mass is 358 g/mol. The van der Waals surface area contributed by atoms with Crippen LogP contribution >= 0.6 is 33.9 Å². The average molecular weight is 358 g/mol. The molecule has 2 aromatic rings. The second-order valence-corrected chi connectivity index (χ2v) is 6.65. The number of hydrogen-bond donors (Lipinski definition) is 1. The first kappa shape index (κ1) is 13.1. The third-order valence-electron chi connectivity index (χ3n) is 2.84. The lowest BCUT2D eigenvalue weighted by molar-refractivity contribution is 0.222. The molecule has 90 valence electrons. The Bertz CT molecular complexity index is 545. The fourth-order valence-corrected chi connectivity index (χ4v) is 3.65. The molecule has 0 aliphatic heterocycles. The van der Waals surface area contributed by atoms with Gasteiger partial charge in [0.25, 0.3) is 0 Å². The highest BCUT2D eigenvalue weighted by molar-refractivity contribution is 14.1. The van der Waals surface area contributed by atoms with Crippen molar-refractivity contribution in [1.29, 1.82) is 0 Å². The molecule has 0 spiro atoms. The minimum atomic E-state index is -0.500. The molecule has 0 fully saturated rings. The fourth-order valence-electron chi connectivity index (χ4n) is 1.95. The Labute approximate surface area is 120 Å². The van der Waals surface area contributed by atoms with Crippen molar-refractivity contribution in [3.63, 3.8) is 0 Å². The van der Waals surface area contributed by atoms with E-state index in [1.54, 1.807) is 11.3 Å². The Kier molecular flexibility index (Phi) is 3.90. The maximum Gasteiger partial charge on any atom is 0.114 e. The molecule has 3 heteroatoms. The van der Waals surface area contributed by atoms with Crippen molar-refractivity contribution in [3.05, 3.63) is 54.3 Å². The van der Waals surface area contributed by atoms with Gasteiger partial charge in [-0.05, 0) is 66.1 Å². The van der Waals surface area contributed by atoms with Crippen LogP contribution in [0.15, 0.2) is 24.3 Å². The molecule has 1 unspecified atom stereocenters. The molecule has 1 aromatic heterocycles. The van der Waals surface area contributed by atoms with Crippen LogP contribution in [0, 0.1) is 24.3 Å². The smallest absolute Gasteiger partial charge is 0.114 e. The Hall–Kier alpha value is -0.390. The third-order valence-corrected chi connectivity index (χ3v) is 5.52. The normalized spacial score (nSPS) is 12.8. The van der Waals surface area contributed by atoms with Gasteiger partial charge in [0.15, 0.2) is 0 Å². The summed E-state index contributed by atoms with van der Waals surface area (Å²) in [6.45, 7) is 6.21. The van der Waals surface area contributed by atoms with Crippen LogP contribution in [0.3, 0.4) is 0 Å². The molecule has 0 amide bonds. The lowest BCUT2D eigenvalue weighted by Crippen LogP contribution is -2.02. The highest BCUT2D eigenvalue weighted by Crippen LogP contribution is 2.34. The molecular weight excluding hydrogens is 343 g/mol. The first-order valence-electron chi connectivity index (χ1n) is 5.50. The van der Waals surface area contributed by atoms with Crippen molar-refractivity contribution in [2.75, 3.05) is 0 Å². The van der Waals surface area contributed by atoms with Gasteiger partial charge in [-0.1, -0.05) is 18.2 Å². The lowest BCUT2D eigenvalue weighted by Gasteiger charge is -2.14. The second kappa shape index (κ2) is 5.08. The van der Waals surface area contributed by atoms with Crippen molar-refractivity contribution in [2.45, 2.75) is 26.9 Å². The van der Waals surface area contributed by atoms with E-state index in [0.29, 0.717) is 0 Å². The van der Waals surface area contributed by atoms with E-state index in [-0.39, 0.29) is 0 Å². The predicted octanol–water partition coefficient (Wildman–Crippen LogP) is 4.36. The maximum absolute atomic E-state index is 10.5. The van der Waals surface area contributed by atoms with Gasteiger partial charge in [-0.15, -0.1) is 11.3 Å². The Balaban J connectivity index is 2.47. The first-order chi connectivity index (χ1) is 8.00. The molecule has 1 nitrogen and oxygen atoms in total. The Morgan fingerprint density at radius 3 is 2.47 bits per heavy atom. The van der Waals surface area contributed by atoms with Gasteiger partial charge in [-0.25, -0.2) is 0 Å². The molecule has 0 bridgehead atoms. The summed E-state index contributed by atoms with van der Waals surface area (Å²) >= 11 is 3.99. The van der Waals surface area contributed by atoms with Crippen molar-refractivity contribution in [3.8, 4) is 0 Å². The van der Waals surface area contributed by atoms with Crippen LogP contribution in [0.25, 0.3) is 0 Å². The predicted molar refractivity (Wildman–Crippen MR) is 81.8 cm³/mol. The van der Waals surface area contributed by atoms with E-state index >= 15 is 0 Å². The van der Waals surface area contributed by atoms with Crippen LogP contribution in [0.5, 0.6) is 0 Å². The largest absolute Gasteiger partial charge is 0.383 e. The zero-order chi connectivity index (χ0) is 12.6. The summed E-state index contributed by atoms with van der Waals surface area (Å²) in [7, 11) is 0. The van der Waals surface area contributed by atoms with Crippen LogP contribution in [-0.4, -0.2) is 5.11 Å². The summed E-state index contributed by atoms with van der Waals surface area (Å²) < 4.78 is 1.16. The molecule has 1 atom stereocenters. The van der Waals surface area contributed by atoms with Gasteiger partial charge in [0.2, 0.25) is 0 Å². The number of aliphatic hydroxyl groups is 1. The number of rotatable bonds is 2. The van der Waals surface area contributed by atoms with Gasteiger partial charge in [-0.2, -0.15) is 0 Å². The number of aryl methyl sites for hydroxylation is 3. The van der Waals surface area contributed by atoms with Gasteiger partial charge in [0.1, 0.15) is 6.10 Å². The van der Waals surface area contributed by atoms with Crippen LogP contribution < -0.4 is 0 Å². The number of thiophene rings is 1. The van der Waals surface area contributed by atoms with Gasteiger partial charge < -0.3 is 5.11 Å². The molecule has 0 saturated carbocycles. The standard InChI is InChI=1S/C14H15IOS/c1-8-5-4-6-11(12(8)15)13(16)14-9(2)7-10(3)17-14/h4-7,13,16H,1-3H3. The summed E-state index contributed by atoms with van der Waals surface area (Å²) in [5, 5.41) is 10.5. The zero-order valence-corrected chi connectivity index (χ0v) is 13.1. The lowest BCUT2D eigenvalue weighted by atomic mass is 10.0. The molecule has 0 saturated heterocycles. The minimum Gasteiger partial charge on any atom is -0.383 e. The maximum atomic E-state index is 10.5. The van der Waals surface area contributed by atoms with Crippen molar-refractivity contribution in [2.24, 2.45) is 0 Å². The fraction of sp³-hybridized carbons (Fsp3) is 0.286. The van der Waals surface area contributed by atoms with E-state index < -0.39 is 6.10 Å². The van der Waals surface area contributed by atoms with Crippen molar-refractivity contribution in [1.82, 2.24) is 0 Å². The molecule has 2 rings (SSSR count). The van der Waals surface area contributed by atoms with Gasteiger partial charge >= 0.3 is 0 Å². The number of halogens is 1. The van der Waals surface area contributed by atoms with E-state index in [0.717, 1.165) is 14.0 Å². The molecule has 1 aromatic carbocycles. The number of hydrogen-bond acceptors (Lipinski definition) is 2. The molecule has 0 aliphatic rings. The molecule has 0 aliphatic carbocycles. The van der Waals surface area contributed by atoms with Gasteiger partial charge in [0, 0.05) is 13.3 Å². The van der Waals surface area contributed by atoms with Crippen molar-refractivity contribution < 1.29 is 5.11 Å². The molecular formula is C14H15IOS. The van der Waals surface area contributed by atoms with Crippen LogP contribution in [0.2, 0.25) is 0 Å². The van der Waals surface area contributed by atoms with Crippen LogP contribution in [0.1, 0.15) is 32.5 Å². The summed E-state index contributed by atoms with van der Waals surface area (Å²) in [4.78, 5) is 2.31. The third kappa shape index (κ3) is 2.56. The summed E-state index contributed by atoms with van der Waals surface area (Å²) in [6, 6.07) is 8.22. The Morgan fingerprint density at radius 1 is 1.18 bits per heavy atom. The van der Waals surface area contributed by atoms with Crippen LogP contribution in [-0.2, 0) is 0 Å². The van der Waals surface area contributed by atoms with E-state index in [1.165, 1.54) is 16.0 Å². The highest BCUT2D eigenvalue weighted by atomic mass is 127. The Morgan fingerprint density at radius 2 is 1.88 bits per heavy atom. The van der Waals surface area contributed by atoms with E-state index in [2.05, 4.69) is 55.5 Å². The molecule has 17 heavy (non-hydrogen) atoms. The zero-order valence-electron chi connectivity index (χ0n) is 10.1. The quantitative estimate of drug-likeness (QED) is 0.791. The average Bonchev–Trinajstić information content (AvgIpc) is 2.61. The number of benzene rings is 1. The van der Waals surface area contributed by atoms with Gasteiger partial charge in [0.05, 0.1) is 0 Å². The summed E-state index contributed by atoms with van der Waals surface area (Å²) in [5.74, 6) is 0. The minimum absolute atomic E-state index is 0.500. The van der Waals surface area contributed by atoms with E-state index in [4.69, 9.17) is 0 Å². The molecule has 0 radical (unpaired) electrons. The number of aliphatic hydroxyl groups excluding tert-OH is 1. The summed E-state index contributed by atoms with van der Waals surface area (Å²) in [5.41, 5.74) is 3.40. The van der Waals surface area contributed by atoms with E-state index in [1.807, 2.05) is 12.1 Å². The SMILES string of the molecule is Cc1cc(C)c(C(O)c2cccc(C)c2I)s1. The van der Waals surface area contributed by atoms with Gasteiger partial charge in [-0.3, -0.25) is 0 Å². The first-order valence-corrected chi connectivity index (χ1v) is 7.40.